The molecule has 1 saturated carbocycles. The van der Waals surface area contributed by atoms with Crippen molar-refractivity contribution in [2.45, 2.75) is 63.7 Å². The molecule has 1 aliphatic carbocycles. The molecule has 2 heterocycles. The first-order valence-electron chi connectivity index (χ1n) is 7.95. The van der Waals surface area contributed by atoms with E-state index in [0.29, 0.717) is 5.92 Å². The molecule has 1 aromatic heterocycles. The number of hydrogen-bond acceptors (Lipinski definition) is 4. The van der Waals surface area contributed by atoms with Crippen molar-refractivity contribution in [2.24, 2.45) is 5.92 Å². The van der Waals surface area contributed by atoms with Crippen LogP contribution >= 0.6 is 0 Å². The van der Waals surface area contributed by atoms with E-state index in [1.807, 2.05) is 0 Å². The SMILES string of the molecule is C1CCC(c2noc(CCC3CCNCC3)n2)CC1. The lowest BCUT2D eigenvalue weighted by Crippen LogP contribution is -2.27. The van der Waals surface area contributed by atoms with Crippen LogP contribution in [0.3, 0.4) is 0 Å². The molecule has 1 aliphatic heterocycles. The van der Waals surface area contributed by atoms with Crippen LogP contribution in [0.25, 0.3) is 0 Å². The summed E-state index contributed by atoms with van der Waals surface area (Å²) in [6.07, 6.45) is 11.3. The van der Waals surface area contributed by atoms with Crippen LogP contribution in [-0.2, 0) is 6.42 Å². The van der Waals surface area contributed by atoms with E-state index in [1.54, 1.807) is 0 Å². The summed E-state index contributed by atoms with van der Waals surface area (Å²) in [6.45, 7) is 2.34. The third-order valence-corrected chi connectivity index (χ3v) is 4.68. The predicted molar refractivity (Wildman–Crippen MR) is 74.0 cm³/mol. The van der Waals surface area contributed by atoms with E-state index in [9.17, 15) is 0 Å². The van der Waals surface area contributed by atoms with Crippen molar-refractivity contribution in [1.29, 1.82) is 0 Å². The minimum atomic E-state index is 0.560. The van der Waals surface area contributed by atoms with Crippen LogP contribution in [0.4, 0.5) is 0 Å². The second-order valence-corrected chi connectivity index (χ2v) is 6.11. The summed E-state index contributed by atoms with van der Waals surface area (Å²) in [5.41, 5.74) is 0. The summed E-state index contributed by atoms with van der Waals surface area (Å²) in [5, 5.41) is 7.61. The number of aryl methyl sites for hydroxylation is 1. The van der Waals surface area contributed by atoms with Crippen LogP contribution in [0, 0.1) is 5.92 Å². The number of piperidine rings is 1. The maximum absolute atomic E-state index is 5.43. The van der Waals surface area contributed by atoms with E-state index in [1.165, 1.54) is 64.5 Å². The van der Waals surface area contributed by atoms with Crippen molar-refractivity contribution in [3.63, 3.8) is 0 Å². The second-order valence-electron chi connectivity index (χ2n) is 6.11. The standard InChI is InChI=1S/C15H25N3O/c1-2-4-13(5-3-1)15-17-14(19-18-15)7-6-12-8-10-16-11-9-12/h12-13,16H,1-11H2. The van der Waals surface area contributed by atoms with E-state index in [4.69, 9.17) is 4.52 Å². The van der Waals surface area contributed by atoms with Gasteiger partial charge in [-0.3, -0.25) is 0 Å². The zero-order valence-electron chi connectivity index (χ0n) is 11.7. The molecule has 0 aromatic carbocycles. The molecule has 106 valence electrons. The van der Waals surface area contributed by atoms with Gasteiger partial charge in [-0.2, -0.15) is 4.98 Å². The molecular weight excluding hydrogens is 238 g/mol. The van der Waals surface area contributed by atoms with Crippen molar-refractivity contribution in [3.8, 4) is 0 Å². The highest BCUT2D eigenvalue weighted by molar-refractivity contribution is 4.97. The molecule has 1 aromatic rings. The first-order chi connectivity index (χ1) is 9.42. The fraction of sp³-hybridized carbons (Fsp3) is 0.867. The fourth-order valence-electron chi connectivity index (χ4n) is 3.39. The lowest BCUT2D eigenvalue weighted by Gasteiger charge is -2.21. The Morgan fingerprint density at radius 3 is 2.63 bits per heavy atom. The average molecular weight is 263 g/mol. The number of rotatable bonds is 4. The van der Waals surface area contributed by atoms with Crippen LogP contribution in [-0.4, -0.2) is 23.2 Å². The maximum Gasteiger partial charge on any atom is 0.226 e. The van der Waals surface area contributed by atoms with Crippen LogP contribution < -0.4 is 5.32 Å². The Bertz CT molecular complexity index is 378. The number of aromatic nitrogens is 2. The number of nitrogens with one attached hydrogen (secondary N) is 1. The first kappa shape index (κ1) is 13.1. The molecule has 19 heavy (non-hydrogen) atoms. The van der Waals surface area contributed by atoms with Crippen molar-refractivity contribution in [3.05, 3.63) is 11.7 Å². The van der Waals surface area contributed by atoms with Crippen LogP contribution in [0.2, 0.25) is 0 Å². The lowest BCUT2D eigenvalue weighted by molar-refractivity contribution is 0.320. The zero-order valence-corrected chi connectivity index (χ0v) is 11.7. The predicted octanol–water partition coefficient (Wildman–Crippen LogP) is 3.05. The Morgan fingerprint density at radius 1 is 1.05 bits per heavy atom. The summed E-state index contributed by atoms with van der Waals surface area (Å²) < 4.78 is 5.43. The van der Waals surface area contributed by atoms with Gasteiger partial charge in [0.1, 0.15) is 0 Å². The highest BCUT2D eigenvalue weighted by Gasteiger charge is 2.21. The van der Waals surface area contributed by atoms with E-state index in [0.717, 1.165) is 24.1 Å². The van der Waals surface area contributed by atoms with Crippen LogP contribution in [0.5, 0.6) is 0 Å². The van der Waals surface area contributed by atoms with Gasteiger partial charge in [-0.05, 0) is 51.1 Å². The second kappa shape index (κ2) is 6.51. The normalized spacial score (nSPS) is 22.7. The Labute approximate surface area is 115 Å². The topological polar surface area (TPSA) is 51.0 Å². The summed E-state index contributed by atoms with van der Waals surface area (Å²) in [5.74, 6) is 3.23. The molecule has 0 atom stereocenters. The lowest BCUT2D eigenvalue weighted by atomic mass is 9.89. The zero-order chi connectivity index (χ0) is 12.9. The molecule has 1 N–H and O–H groups in total. The Balaban J connectivity index is 1.49. The monoisotopic (exact) mass is 263 g/mol. The molecule has 4 nitrogen and oxygen atoms in total. The molecule has 0 bridgehead atoms. The van der Waals surface area contributed by atoms with Gasteiger partial charge >= 0.3 is 0 Å². The highest BCUT2D eigenvalue weighted by Crippen LogP contribution is 2.31. The molecule has 2 aliphatic rings. The van der Waals surface area contributed by atoms with Gasteiger partial charge in [-0.15, -0.1) is 0 Å². The molecule has 3 rings (SSSR count). The summed E-state index contributed by atoms with van der Waals surface area (Å²) >= 11 is 0. The van der Waals surface area contributed by atoms with Gasteiger partial charge in [-0.1, -0.05) is 24.4 Å². The van der Waals surface area contributed by atoms with Gasteiger partial charge in [0.15, 0.2) is 5.82 Å². The smallest absolute Gasteiger partial charge is 0.226 e. The third-order valence-electron chi connectivity index (χ3n) is 4.68. The molecule has 0 spiro atoms. The van der Waals surface area contributed by atoms with E-state index < -0.39 is 0 Å². The summed E-state index contributed by atoms with van der Waals surface area (Å²) in [4.78, 5) is 4.62. The van der Waals surface area contributed by atoms with Gasteiger partial charge < -0.3 is 9.84 Å². The molecule has 0 unspecified atom stereocenters. The minimum absolute atomic E-state index is 0.560. The van der Waals surface area contributed by atoms with Crippen molar-refractivity contribution < 1.29 is 4.52 Å². The fourth-order valence-corrected chi connectivity index (χ4v) is 3.39. The Morgan fingerprint density at radius 2 is 1.84 bits per heavy atom. The van der Waals surface area contributed by atoms with E-state index in [2.05, 4.69) is 15.5 Å². The maximum atomic E-state index is 5.43. The van der Waals surface area contributed by atoms with Gasteiger partial charge in [0.25, 0.3) is 0 Å². The van der Waals surface area contributed by atoms with Gasteiger partial charge in [0.2, 0.25) is 5.89 Å². The molecule has 1 saturated heterocycles. The number of hydrogen-bond donors (Lipinski definition) is 1. The largest absolute Gasteiger partial charge is 0.339 e. The molecule has 4 heteroatoms. The van der Waals surface area contributed by atoms with Crippen molar-refractivity contribution >= 4 is 0 Å². The van der Waals surface area contributed by atoms with Crippen molar-refractivity contribution in [1.82, 2.24) is 15.5 Å². The van der Waals surface area contributed by atoms with Gasteiger partial charge in [0, 0.05) is 12.3 Å². The Kier molecular flexibility index (Phi) is 4.49. The van der Waals surface area contributed by atoms with Gasteiger partial charge in [0.05, 0.1) is 0 Å². The highest BCUT2D eigenvalue weighted by atomic mass is 16.5. The quantitative estimate of drug-likeness (QED) is 0.907. The minimum Gasteiger partial charge on any atom is -0.339 e. The average Bonchev–Trinajstić information content (AvgIpc) is 2.96. The van der Waals surface area contributed by atoms with E-state index >= 15 is 0 Å². The summed E-state index contributed by atoms with van der Waals surface area (Å²) in [6, 6.07) is 0. The molecule has 0 radical (unpaired) electrons. The van der Waals surface area contributed by atoms with Crippen LogP contribution in [0.15, 0.2) is 4.52 Å². The van der Waals surface area contributed by atoms with E-state index in [-0.39, 0.29) is 0 Å². The molecule has 0 amide bonds. The third kappa shape index (κ3) is 3.56. The van der Waals surface area contributed by atoms with Crippen LogP contribution in [0.1, 0.15) is 69.0 Å². The molecule has 2 fully saturated rings. The van der Waals surface area contributed by atoms with Crippen molar-refractivity contribution in [2.75, 3.05) is 13.1 Å². The number of nitrogens with zero attached hydrogens (tertiary/aromatic N) is 2. The first-order valence-corrected chi connectivity index (χ1v) is 7.95. The molecular formula is C15H25N3O. The summed E-state index contributed by atoms with van der Waals surface area (Å²) in [7, 11) is 0. The Hall–Kier alpha value is -0.900. The van der Waals surface area contributed by atoms with Gasteiger partial charge in [-0.25, -0.2) is 0 Å².